The van der Waals surface area contributed by atoms with E-state index in [4.69, 9.17) is 27.4 Å². The number of thiocarbonyl (C=S) groups is 1. The molecule has 0 aliphatic rings. The van der Waals surface area contributed by atoms with Gasteiger partial charge in [-0.1, -0.05) is 18.3 Å². The first kappa shape index (κ1) is 15.7. The number of rotatable bonds is 8. The second-order valence-electron chi connectivity index (χ2n) is 3.70. The van der Waals surface area contributed by atoms with E-state index >= 15 is 0 Å². The van der Waals surface area contributed by atoms with E-state index < -0.39 is 10.0 Å². The molecule has 106 valence electrons. The van der Waals surface area contributed by atoms with Crippen LogP contribution in [0.4, 0.5) is 5.69 Å². The van der Waals surface area contributed by atoms with E-state index in [0.717, 1.165) is 0 Å². The molecule has 0 radical (unpaired) electrons. The molecule has 1 aromatic carbocycles. The van der Waals surface area contributed by atoms with E-state index in [2.05, 4.69) is 4.72 Å². The van der Waals surface area contributed by atoms with Crippen LogP contribution in [0.3, 0.4) is 0 Å². The summed E-state index contributed by atoms with van der Waals surface area (Å²) in [4.78, 5) is 0.228. The maximum Gasteiger partial charge on any atom is 0.235 e. The van der Waals surface area contributed by atoms with Crippen molar-refractivity contribution < 1.29 is 17.9 Å². The molecule has 0 atom stereocenters. The van der Waals surface area contributed by atoms with E-state index in [1.165, 1.54) is 7.11 Å². The molecule has 1 aromatic rings. The molecule has 1 rings (SSSR count). The second kappa shape index (κ2) is 7.27. The normalized spacial score (nSPS) is 11.0. The third kappa shape index (κ3) is 6.37. The van der Waals surface area contributed by atoms with Gasteiger partial charge in [-0.25, -0.2) is 8.42 Å². The summed E-state index contributed by atoms with van der Waals surface area (Å²) in [6.45, 7) is 0.238. The first-order chi connectivity index (χ1) is 8.93. The number of benzene rings is 1. The van der Waals surface area contributed by atoms with Crippen molar-refractivity contribution in [2.75, 3.05) is 30.8 Å². The lowest BCUT2D eigenvalue weighted by molar-refractivity contribution is 0.217. The van der Waals surface area contributed by atoms with Gasteiger partial charge in [0.1, 0.15) is 17.3 Å². The van der Waals surface area contributed by atoms with Crippen molar-refractivity contribution in [3.8, 4) is 5.75 Å². The minimum absolute atomic E-state index is 0.106. The first-order valence-electron chi connectivity index (χ1n) is 5.43. The largest absolute Gasteiger partial charge is 0.486 e. The molecule has 3 N–H and O–H groups in total. The van der Waals surface area contributed by atoms with Gasteiger partial charge in [0.05, 0.1) is 18.0 Å². The van der Waals surface area contributed by atoms with Gasteiger partial charge in [0.25, 0.3) is 0 Å². The highest BCUT2D eigenvalue weighted by Crippen LogP contribution is 2.18. The van der Waals surface area contributed by atoms with Crippen LogP contribution in [-0.4, -0.2) is 39.5 Å². The Hall–Kier alpha value is -1.38. The number of hydrogen-bond donors (Lipinski definition) is 2. The number of nitrogens with two attached hydrogens (primary N) is 1. The third-order valence-corrected chi connectivity index (χ3v) is 3.41. The summed E-state index contributed by atoms with van der Waals surface area (Å²) in [7, 11) is -1.98. The Kier molecular flexibility index (Phi) is 6.00. The molecule has 19 heavy (non-hydrogen) atoms. The number of anilines is 1. The average Bonchev–Trinajstić information content (AvgIpc) is 2.34. The molecular formula is C11H16N2O4S2. The van der Waals surface area contributed by atoms with Gasteiger partial charge < -0.3 is 15.2 Å². The first-order valence-corrected chi connectivity index (χ1v) is 7.49. The maximum absolute atomic E-state index is 11.7. The number of nitrogens with one attached hydrogen (secondary N) is 1. The lowest BCUT2D eigenvalue weighted by atomic mass is 10.3. The SMILES string of the molecule is COCCS(=O)(=O)Nc1cccc(OCC(N)=S)c1. The minimum Gasteiger partial charge on any atom is -0.486 e. The van der Waals surface area contributed by atoms with Crippen LogP contribution >= 0.6 is 12.2 Å². The molecule has 0 unspecified atom stereocenters. The molecule has 0 heterocycles. The zero-order valence-electron chi connectivity index (χ0n) is 10.5. The summed E-state index contributed by atoms with van der Waals surface area (Å²) >= 11 is 4.69. The second-order valence-corrected chi connectivity index (χ2v) is 6.06. The Morgan fingerprint density at radius 1 is 1.47 bits per heavy atom. The lowest BCUT2D eigenvalue weighted by Crippen LogP contribution is -2.20. The Labute approximate surface area is 117 Å². The van der Waals surface area contributed by atoms with E-state index in [9.17, 15) is 8.42 Å². The summed E-state index contributed by atoms with van der Waals surface area (Å²) < 4.78 is 35.8. The van der Waals surface area contributed by atoms with Crippen molar-refractivity contribution in [1.29, 1.82) is 0 Å². The zero-order chi connectivity index (χ0) is 14.3. The molecule has 0 saturated heterocycles. The standard InChI is InChI=1S/C11H16N2O4S2/c1-16-5-6-19(14,15)13-9-3-2-4-10(7-9)17-8-11(12)18/h2-4,7,13H,5-6,8H2,1H3,(H2,12,18). The van der Waals surface area contributed by atoms with E-state index in [1.54, 1.807) is 24.3 Å². The monoisotopic (exact) mass is 304 g/mol. The molecule has 0 saturated carbocycles. The highest BCUT2D eigenvalue weighted by molar-refractivity contribution is 7.92. The Morgan fingerprint density at radius 3 is 2.84 bits per heavy atom. The van der Waals surface area contributed by atoms with Gasteiger partial charge in [0.2, 0.25) is 10.0 Å². The smallest absolute Gasteiger partial charge is 0.235 e. The van der Waals surface area contributed by atoms with Crippen LogP contribution < -0.4 is 15.2 Å². The third-order valence-electron chi connectivity index (χ3n) is 2.04. The van der Waals surface area contributed by atoms with E-state index in [0.29, 0.717) is 11.4 Å². The number of methoxy groups -OCH3 is 1. The summed E-state index contributed by atoms with van der Waals surface area (Å²) in [5.41, 5.74) is 5.73. The van der Waals surface area contributed by atoms with Gasteiger partial charge in [-0.2, -0.15) is 0 Å². The van der Waals surface area contributed by atoms with Gasteiger partial charge in [-0.15, -0.1) is 0 Å². The number of hydrogen-bond acceptors (Lipinski definition) is 5. The van der Waals surface area contributed by atoms with Crippen LogP contribution in [0, 0.1) is 0 Å². The quantitative estimate of drug-likeness (QED) is 0.688. The van der Waals surface area contributed by atoms with Gasteiger partial charge in [-0.3, -0.25) is 4.72 Å². The van der Waals surface area contributed by atoms with Crippen LogP contribution in [0.25, 0.3) is 0 Å². The molecule has 0 aliphatic carbocycles. The Balaban J connectivity index is 2.68. The van der Waals surface area contributed by atoms with Crippen molar-refractivity contribution >= 4 is 32.9 Å². The van der Waals surface area contributed by atoms with Crippen molar-refractivity contribution in [3.05, 3.63) is 24.3 Å². The Bertz CT molecular complexity index is 531. The van der Waals surface area contributed by atoms with Gasteiger partial charge in [0.15, 0.2) is 0 Å². The van der Waals surface area contributed by atoms with Crippen molar-refractivity contribution in [2.45, 2.75) is 0 Å². The van der Waals surface area contributed by atoms with Gasteiger partial charge in [-0.05, 0) is 12.1 Å². The Morgan fingerprint density at radius 2 is 2.21 bits per heavy atom. The predicted octanol–water partition coefficient (Wildman–Crippen LogP) is 0.740. The fourth-order valence-electron chi connectivity index (χ4n) is 1.23. The zero-order valence-corrected chi connectivity index (χ0v) is 12.1. The summed E-state index contributed by atoms with van der Waals surface area (Å²) in [5, 5.41) is 0. The minimum atomic E-state index is -3.43. The fourth-order valence-corrected chi connectivity index (χ4v) is 2.26. The topological polar surface area (TPSA) is 90.7 Å². The van der Waals surface area contributed by atoms with Crippen molar-refractivity contribution in [3.63, 3.8) is 0 Å². The highest BCUT2D eigenvalue weighted by atomic mass is 32.2. The van der Waals surface area contributed by atoms with E-state index in [-0.39, 0.29) is 24.0 Å². The molecule has 0 aliphatic heterocycles. The highest BCUT2D eigenvalue weighted by Gasteiger charge is 2.10. The van der Waals surface area contributed by atoms with Crippen LogP contribution in [0.5, 0.6) is 5.75 Å². The summed E-state index contributed by atoms with van der Waals surface area (Å²) in [6.07, 6.45) is 0. The predicted molar refractivity (Wildman–Crippen MR) is 78.0 cm³/mol. The molecule has 8 heteroatoms. The van der Waals surface area contributed by atoms with Gasteiger partial charge >= 0.3 is 0 Å². The summed E-state index contributed by atoms with van der Waals surface area (Å²) in [5.74, 6) is 0.376. The van der Waals surface area contributed by atoms with Crippen LogP contribution in [0.15, 0.2) is 24.3 Å². The molecular weight excluding hydrogens is 288 g/mol. The maximum atomic E-state index is 11.7. The molecule has 0 aromatic heterocycles. The van der Waals surface area contributed by atoms with Crippen molar-refractivity contribution in [2.24, 2.45) is 5.73 Å². The average molecular weight is 304 g/mol. The van der Waals surface area contributed by atoms with E-state index in [1.807, 2.05) is 0 Å². The van der Waals surface area contributed by atoms with Crippen LogP contribution in [0.2, 0.25) is 0 Å². The van der Waals surface area contributed by atoms with Crippen LogP contribution in [-0.2, 0) is 14.8 Å². The fraction of sp³-hybridized carbons (Fsp3) is 0.364. The molecule has 0 fully saturated rings. The number of ether oxygens (including phenoxy) is 2. The molecule has 0 amide bonds. The molecule has 6 nitrogen and oxygen atoms in total. The molecule has 0 bridgehead atoms. The lowest BCUT2D eigenvalue weighted by Gasteiger charge is -2.10. The van der Waals surface area contributed by atoms with Crippen LogP contribution in [0.1, 0.15) is 0 Å². The van der Waals surface area contributed by atoms with Gasteiger partial charge in [0, 0.05) is 13.2 Å². The number of sulfonamides is 1. The van der Waals surface area contributed by atoms with Crippen molar-refractivity contribution in [1.82, 2.24) is 0 Å². The summed E-state index contributed by atoms with van der Waals surface area (Å²) in [6, 6.07) is 6.54. The molecule has 0 spiro atoms.